The van der Waals surface area contributed by atoms with Gasteiger partial charge in [0.05, 0.1) is 18.2 Å². The van der Waals surface area contributed by atoms with Gasteiger partial charge in [0.1, 0.15) is 11.4 Å². The first kappa shape index (κ1) is 18.9. The number of aliphatic hydroxyl groups excluding tert-OH is 1. The third-order valence-corrected chi connectivity index (χ3v) is 5.09. The van der Waals surface area contributed by atoms with Crippen molar-refractivity contribution in [3.05, 3.63) is 58.8 Å². The van der Waals surface area contributed by atoms with Crippen LogP contribution in [0.3, 0.4) is 0 Å². The summed E-state index contributed by atoms with van der Waals surface area (Å²) in [7, 11) is 0. The molecule has 0 radical (unpaired) electrons. The summed E-state index contributed by atoms with van der Waals surface area (Å²) in [5.74, 6) is -1.54. The molecule has 0 fully saturated rings. The van der Waals surface area contributed by atoms with Crippen molar-refractivity contribution in [2.45, 2.75) is 37.3 Å². The third kappa shape index (κ3) is 2.95. The van der Waals surface area contributed by atoms with Crippen LogP contribution in [0.1, 0.15) is 30.1 Å². The first-order chi connectivity index (χ1) is 13.1. The number of ether oxygens (including phenoxy) is 1. The maximum Gasteiger partial charge on any atom is 0.417 e. The zero-order chi connectivity index (χ0) is 20.3. The summed E-state index contributed by atoms with van der Waals surface area (Å²) in [5, 5.41) is 10.2. The summed E-state index contributed by atoms with van der Waals surface area (Å²) in [6, 6.07) is 4.12. The normalized spacial score (nSPS) is 26.6. The van der Waals surface area contributed by atoms with Crippen LogP contribution in [0.2, 0.25) is 0 Å². The molecule has 1 aromatic carbocycles. The van der Waals surface area contributed by atoms with E-state index in [0.29, 0.717) is 11.6 Å². The van der Waals surface area contributed by atoms with Crippen LogP contribution in [0, 0.1) is 5.82 Å². The van der Waals surface area contributed by atoms with E-state index in [0.717, 1.165) is 11.1 Å². The number of halogens is 6. The lowest BCUT2D eigenvalue weighted by molar-refractivity contribution is -0.0981. The van der Waals surface area contributed by atoms with E-state index in [9.17, 15) is 31.4 Å². The molecule has 1 aromatic rings. The molecule has 1 aliphatic carbocycles. The molecule has 10 heteroatoms. The molecule has 2 heterocycles. The van der Waals surface area contributed by atoms with E-state index in [4.69, 9.17) is 0 Å². The van der Waals surface area contributed by atoms with E-state index < -0.39 is 41.6 Å². The van der Waals surface area contributed by atoms with Gasteiger partial charge in [0.25, 0.3) is 0 Å². The predicted octanol–water partition coefficient (Wildman–Crippen LogP) is 4.15. The lowest BCUT2D eigenvalue weighted by Crippen LogP contribution is -2.37. The molecule has 3 aliphatic rings. The maximum absolute atomic E-state index is 14.3. The van der Waals surface area contributed by atoms with Gasteiger partial charge in [0.15, 0.2) is 11.6 Å². The van der Waals surface area contributed by atoms with E-state index in [-0.39, 0.29) is 30.8 Å². The first-order valence-electron chi connectivity index (χ1n) is 8.40. The van der Waals surface area contributed by atoms with E-state index in [1.807, 2.05) is 0 Å². The van der Waals surface area contributed by atoms with Crippen molar-refractivity contribution in [2.75, 3.05) is 6.54 Å². The smallest absolute Gasteiger partial charge is 0.417 e. The van der Waals surface area contributed by atoms with E-state index in [1.165, 1.54) is 18.2 Å². The number of benzene rings is 1. The summed E-state index contributed by atoms with van der Waals surface area (Å²) in [5.41, 5.74) is -1.98. The second-order valence-corrected chi connectivity index (χ2v) is 6.82. The fourth-order valence-corrected chi connectivity index (χ4v) is 3.93. The Kier molecular flexibility index (Phi) is 4.22. The van der Waals surface area contributed by atoms with Gasteiger partial charge in [-0.1, -0.05) is 12.1 Å². The number of rotatable bonds is 2. The van der Waals surface area contributed by atoms with Gasteiger partial charge < -0.3 is 14.7 Å². The summed E-state index contributed by atoms with van der Waals surface area (Å²) in [6.45, 7) is -3.45. The minimum atomic E-state index is -4.77. The van der Waals surface area contributed by atoms with Crippen LogP contribution >= 0.6 is 0 Å². The highest BCUT2D eigenvalue weighted by Gasteiger charge is 2.49. The van der Waals surface area contributed by atoms with Crippen LogP contribution in [-0.4, -0.2) is 35.2 Å². The Balaban J connectivity index is 1.83. The first-order valence-corrected chi connectivity index (χ1v) is 8.40. The molecule has 0 saturated carbocycles. The molecular weight excluding hydrogens is 390 g/mol. The van der Waals surface area contributed by atoms with Gasteiger partial charge in [-0.3, -0.25) is 4.99 Å². The van der Waals surface area contributed by atoms with Gasteiger partial charge in [-0.25, -0.2) is 4.39 Å². The molecule has 1 spiro atoms. The van der Waals surface area contributed by atoms with E-state index >= 15 is 0 Å². The second-order valence-electron chi connectivity index (χ2n) is 6.82. The highest BCUT2D eigenvalue weighted by molar-refractivity contribution is 6.00. The Bertz CT molecular complexity index is 908. The van der Waals surface area contributed by atoms with E-state index in [2.05, 4.69) is 9.73 Å². The SMILES string of the molecule is OC1CCC2(CN3C=C(C(F)(F)F)C=C(OC(F)F)C3=N2)c2cccc(F)c21. The van der Waals surface area contributed by atoms with Crippen LogP contribution in [0.15, 0.2) is 46.8 Å². The maximum atomic E-state index is 14.3. The summed E-state index contributed by atoms with van der Waals surface area (Å²) < 4.78 is 83.6. The molecule has 2 aliphatic heterocycles. The number of aliphatic imine (C=N–C) groups is 1. The molecule has 4 rings (SSSR count). The van der Waals surface area contributed by atoms with Crippen molar-refractivity contribution in [2.24, 2.45) is 4.99 Å². The average molecular weight is 404 g/mol. The second kappa shape index (κ2) is 6.26. The van der Waals surface area contributed by atoms with Crippen LogP contribution in [0.5, 0.6) is 0 Å². The lowest BCUT2D eigenvalue weighted by Gasteiger charge is -2.36. The molecule has 2 unspecified atom stereocenters. The van der Waals surface area contributed by atoms with Crippen molar-refractivity contribution in [3.63, 3.8) is 0 Å². The standard InChI is InChI=1S/C18H14F6N2O2/c19-11-3-1-2-10-14(11)12(27)4-5-17(10)8-26-7-9(18(22,23)24)6-13(15(26)25-17)28-16(20)21/h1-3,6-7,12,16,27H,4-5,8H2. The molecule has 0 aromatic heterocycles. The molecule has 1 N–H and O–H groups in total. The zero-order valence-electron chi connectivity index (χ0n) is 14.2. The Morgan fingerprint density at radius 1 is 1.29 bits per heavy atom. The van der Waals surface area contributed by atoms with Gasteiger partial charge in [0, 0.05) is 11.8 Å². The zero-order valence-corrected chi connectivity index (χ0v) is 14.2. The van der Waals surface area contributed by atoms with Crippen LogP contribution in [0.4, 0.5) is 26.3 Å². The van der Waals surface area contributed by atoms with Gasteiger partial charge in [-0.2, -0.15) is 22.0 Å². The number of alkyl halides is 5. The van der Waals surface area contributed by atoms with Gasteiger partial charge in [-0.15, -0.1) is 0 Å². The minimum absolute atomic E-state index is 0.0262. The van der Waals surface area contributed by atoms with Crippen LogP contribution in [-0.2, 0) is 10.3 Å². The Labute approximate surface area is 155 Å². The Hall–Kier alpha value is -2.49. The molecule has 150 valence electrons. The molecule has 28 heavy (non-hydrogen) atoms. The summed E-state index contributed by atoms with van der Waals surface area (Å²) in [4.78, 5) is 5.49. The van der Waals surface area contributed by atoms with Crippen molar-refractivity contribution in [1.82, 2.24) is 4.90 Å². The third-order valence-electron chi connectivity index (χ3n) is 5.09. The summed E-state index contributed by atoms with van der Waals surface area (Å²) >= 11 is 0. The molecule has 0 bridgehead atoms. The van der Waals surface area contributed by atoms with E-state index in [1.54, 1.807) is 0 Å². The minimum Gasteiger partial charge on any atom is -0.431 e. The number of fused-ring (bicyclic) bond motifs is 3. The number of amidine groups is 1. The lowest BCUT2D eigenvalue weighted by atomic mass is 9.75. The fourth-order valence-electron chi connectivity index (χ4n) is 3.93. The molecule has 4 nitrogen and oxygen atoms in total. The van der Waals surface area contributed by atoms with Gasteiger partial charge in [0.2, 0.25) is 0 Å². The predicted molar refractivity (Wildman–Crippen MR) is 85.7 cm³/mol. The summed E-state index contributed by atoms with van der Waals surface area (Å²) in [6.07, 6.45) is -4.26. The van der Waals surface area contributed by atoms with Crippen molar-refractivity contribution in [3.8, 4) is 0 Å². The molecule has 0 saturated heterocycles. The largest absolute Gasteiger partial charge is 0.431 e. The highest BCUT2D eigenvalue weighted by atomic mass is 19.4. The van der Waals surface area contributed by atoms with Crippen LogP contribution < -0.4 is 0 Å². The van der Waals surface area contributed by atoms with Crippen molar-refractivity contribution < 1.29 is 36.2 Å². The van der Waals surface area contributed by atoms with Gasteiger partial charge >= 0.3 is 12.8 Å². The topological polar surface area (TPSA) is 45.1 Å². The molecule has 2 atom stereocenters. The Morgan fingerprint density at radius 3 is 2.71 bits per heavy atom. The van der Waals surface area contributed by atoms with Gasteiger partial charge in [-0.05, 0) is 30.5 Å². The number of nitrogens with zero attached hydrogens (tertiary/aromatic N) is 2. The highest BCUT2D eigenvalue weighted by Crippen LogP contribution is 2.48. The molecule has 0 amide bonds. The number of hydrogen-bond donors (Lipinski definition) is 1. The van der Waals surface area contributed by atoms with Crippen molar-refractivity contribution >= 4 is 5.84 Å². The average Bonchev–Trinajstić information content (AvgIpc) is 2.97. The monoisotopic (exact) mass is 404 g/mol. The quantitative estimate of drug-likeness (QED) is 0.754. The fraction of sp³-hybridized carbons (Fsp3) is 0.389. The number of hydrogen-bond acceptors (Lipinski definition) is 4. The molecular formula is C18H14F6N2O2. The number of aliphatic hydroxyl groups is 1. The van der Waals surface area contributed by atoms with Crippen molar-refractivity contribution in [1.29, 1.82) is 0 Å². The Morgan fingerprint density at radius 2 is 2.04 bits per heavy atom. The van der Waals surface area contributed by atoms with Crippen LogP contribution in [0.25, 0.3) is 0 Å². The number of allylic oxidation sites excluding steroid dienone is 2.